The summed E-state index contributed by atoms with van der Waals surface area (Å²) in [6.45, 7) is 0. The maximum absolute atomic E-state index is 4.29. The fraction of sp³-hybridized carbons (Fsp3) is 0. The average Bonchev–Trinajstić information content (AvgIpc) is 2.39. The Morgan fingerprint density at radius 2 is 1.59 bits per heavy atom. The van der Waals surface area contributed by atoms with E-state index in [1.54, 1.807) is 12.4 Å². The zero-order valence-corrected chi connectivity index (χ0v) is 10.4. The zero-order valence-electron chi connectivity index (χ0n) is 8.84. The number of nitrogens with zero attached hydrogens (tertiary/aromatic N) is 3. The maximum atomic E-state index is 4.29. The quantitative estimate of drug-likeness (QED) is 0.687. The molecule has 0 N–H and O–H groups in total. The SMILES string of the molecule is Brc1ccc(-c2cnc3nccnc3c2)cc1. The molecule has 1 aromatic carbocycles. The molecule has 0 saturated carbocycles. The van der Waals surface area contributed by atoms with Gasteiger partial charge in [0.05, 0.1) is 0 Å². The summed E-state index contributed by atoms with van der Waals surface area (Å²) in [7, 11) is 0. The van der Waals surface area contributed by atoms with Gasteiger partial charge in [0.25, 0.3) is 0 Å². The highest BCUT2D eigenvalue weighted by atomic mass is 79.9. The molecule has 0 bridgehead atoms. The minimum atomic E-state index is 0.674. The lowest BCUT2D eigenvalue weighted by Gasteiger charge is -2.02. The number of rotatable bonds is 1. The first-order chi connectivity index (χ1) is 8.33. The van der Waals surface area contributed by atoms with Crippen molar-refractivity contribution in [2.45, 2.75) is 0 Å². The Kier molecular flexibility index (Phi) is 2.57. The van der Waals surface area contributed by atoms with Gasteiger partial charge in [-0.3, -0.25) is 4.98 Å². The Labute approximate surface area is 107 Å². The van der Waals surface area contributed by atoms with E-state index in [0.717, 1.165) is 21.1 Å². The summed E-state index contributed by atoms with van der Waals surface area (Å²) in [6.07, 6.45) is 5.14. The van der Waals surface area contributed by atoms with Crippen molar-refractivity contribution in [1.29, 1.82) is 0 Å². The predicted molar refractivity (Wildman–Crippen MR) is 70.5 cm³/mol. The highest BCUT2D eigenvalue weighted by Crippen LogP contribution is 2.22. The van der Waals surface area contributed by atoms with E-state index in [1.807, 2.05) is 36.5 Å². The van der Waals surface area contributed by atoms with Gasteiger partial charge >= 0.3 is 0 Å². The molecule has 4 heteroatoms. The second-order valence-corrected chi connectivity index (χ2v) is 4.55. The number of pyridine rings is 1. The van der Waals surface area contributed by atoms with E-state index in [4.69, 9.17) is 0 Å². The van der Waals surface area contributed by atoms with E-state index >= 15 is 0 Å². The minimum Gasteiger partial charge on any atom is -0.251 e. The molecule has 3 nitrogen and oxygen atoms in total. The maximum Gasteiger partial charge on any atom is 0.178 e. The van der Waals surface area contributed by atoms with E-state index < -0.39 is 0 Å². The topological polar surface area (TPSA) is 38.7 Å². The van der Waals surface area contributed by atoms with Crippen molar-refractivity contribution in [3.05, 3.63) is 53.4 Å². The fourth-order valence-corrected chi connectivity index (χ4v) is 1.92. The van der Waals surface area contributed by atoms with Crippen molar-refractivity contribution in [2.24, 2.45) is 0 Å². The standard InChI is InChI=1S/C13H8BrN3/c14-11-3-1-9(2-4-11)10-7-12-13(17-8-10)16-6-5-15-12/h1-8H. The first-order valence-corrected chi connectivity index (χ1v) is 5.95. The summed E-state index contributed by atoms with van der Waals surface area (Å²) >= 11 is 3.42. The Balaban J connectivity index is 2.14. The molecule has 0 unspecified atom stereocenters. The van der Waals surface area contributed by atoms with Crippen molar-refractivity contribution in [3.63, 3.8) is 0 Å². The number of hydrogen-bond donors (Lipinski definition) is 0. The molecule has 82 valence electrons. The molecular weight excluding hydrogens is 278 g/mol. The lowest BCUT2D eigenvalue weighted by molar-refractivity contribution is 1.22. The molecule has 0 aliphatic rings. The van der Waals surface area contributed by atoms with E-state index in [0.29, 0.717) is 5.65 Å². The third kappa shape index (κ3) is 2.03. The van der Waals surface area contributed by atoms with Crippen molar-refractivity contribution < 1.29 is 0 Å². The third-order valence-corrected chi connectivity index (χ3v) is 3.03. The van der Waals surface area contributed by atoms with Gasteiger partial charge in [-0.05, 0) is 23.8 Å². The van der Waals surface area contributed by atoms with Gasteiger partial charge in [0.1, 0.15) is 5.52 Å². The van der Waals surface area contributed by atoms with Gasteiger partial charge in [0, 0.05) is 28.6 Å². The lowest BCUT2D eigenvalue weighted by Crippen LogP contribution is -1.87. The molecule has 0 aliphatic carbocycles. The van der Waals surface area contributed by atoms with E-state index in [1.165, 1.54) is 0 Å². The van der Waals surface area contributed by atoms with Gasteiger partial charge in [-0.2, -0.15) is 0 Å². The van der Waals surface area contributed by atoms with Crippen molar-refractivity contribution >= 4 is 27.1 Å². The van der Waals surface area contributed by atoms with Crippen LogP contribution in [0.1, 0.15) is 0 Å². The van der Waals surface area contributed by atoms with Crippen LogP contribution in [0.2, 0.25) is 0 Å². The third-order valence-electron chi connectivity index (χ3n) is 2.50. The first kappa shape index (κ1) is 10.4. The van der Waals surface area contributed by atoms with Crippen molar-refractivity contribution in [2.75, 3.05) is 0 Å². The van der Waals surface area contributed by atoms with Crippen molar-refractivity contribution in [3.8, 4) is 11.1 Å². The number of hydrogen-bond acceptors (Lipinski definition) is 3. The van der Waals surface area contributed by atoms with Crippen LogP contribution in [0, 0.1) is 0 Å². The lowest BCUT2D eigenvalue weighted by atomic mass is 10.1. The second kappa shape index (κ2) is 4.22. The summed E-state index contributed by atoms with van der Waals surface area (Å²) in [6, 6.07) is 10.1. The molecule has 3 rings (SSSR count). The second-order valence-electron chi connectivity index (χ2n) is 3.63. The molecule has 3 aromatic rings. The molecule has 0 atom stereocenters. The van der Waals surface area contributed by atoms with Crippen LogP contribution in [0.25, 0.3) is 22.3 Å². The van der Waals surface area contributed by atoms with Gasteiger partial charge < -0.3 is 0 Å². The Morgan fingerprint density at radius 1 is 0.824 bits per heavy atom. The average molecular weight is 286 g/mol. The molecule has 0 amide bonds. The van der Waals surface area contributed by atoms with Gasteiger partial charge in [0.15, 0.2) is 5.65 Å². The number of halogens is 1. The van der Waals surface area contributed by atoms with Crippen LogP contribution < -0.4 is 0 Å². The molecule has 2 aromatic heterocycles. The molecular formula is C13H8BrN3. The highest BCUT2D eigenvalue weighted by Gasteiger charge is 2.01. The molecule has 17 heavy (non-hydrogen) atoms. The van der Waals surface area contributed by atoms with Gasteiger partial charge in [-0.1, -0.05) is 28.1 Å². The van der Waals surface area contributed by atoms with Crippen LogP contribution >= 0.6 is 15.9 Å². The summed E-state index contributed by atoms with van der Waals surface area (Å²) in [5, 5.41) is 0. The molecule has 0 spiro atoms. The fourth-order valence-electron chi connectivity index (χ4n) is 1.66. The number of fused-ring (bicyclic) bond motifs is 1. The van der Waals surface area contributed by atoms with Gasteiger partial charge in [0.2, 0.25) is 0 Å². The number of benzene rings is 1. The summed E-state index contributed by atoms with van der Waals surface area (Å²) < 4.78 is 1.06. The highest BCUT2D eigenvalue weighted by molar-refractivity contribution is 9.10. The molecule has 0 aliphatic heterocycles. The van der Waals surface area contributed by atoms with Crippen LogP contribution in [-0.4, -0.2) is 15.0 Å². The molecule has 0 saturated heterocycles. The van der Waals surface area contributed by atoms with Gasteiger partial charge in [-0.15, -0.1) is 0 Å². The zero-order chi connectivity index (χ0) is 11.7. The van der Waals surface area contributed by atoms with Crippen LogP contribution in [-0.2, 0) is 0 Å². The molecule has 2 heterocycles. The van der Waals surface area contributed by atoms with Crippen molar-refractivity contribution in [1.82, 2.24) is 15.0 Å². The van der Waals surface area contributed by atoms with Crippen LogP contribution in [0.4, 0.5) is 0 Å². The van der Waals surface area contributed by atoms with E-state index in [2.05, 4.69) is 30.9 Å². The van der Waals surface area contributed by atoms with E-state index in [9.17, 15) is 0 Å². The molecule has 0 fully saturated rings. The monoisotopic (exact) mass is 285 g/mol. The minimum absolute atomic E-state index is 0.674. The first-order valence-electron chi connectivity index (χ1n) is 5.16. The number of aromatic nitrogens is 3. The van der Waals surface area contributed by atoms with Crippen LogP contribution in [0.3, 0.4) is 0 Å². The van der Waals surface area contributed by atoms with Gasteiger partial charge in [-0.25, -0.2) is 9.97 Å². The summed E-state index contributed by atoms with van der Waals surface area (Å²) in [5.41, 5.74) is 3.65. The Hall–Kier alpha value is -1.81. The van der Waals surface area contributed by atoms with E-state index in [-0.39, 0.29) is 0 Å². The predicted octanol–water partition coefficient (Wildman–Crippen LogP) is 3.45. The normalized spacial score (nSPS) is 10.6. The smallest absolute Gasteiger partial charge is 0.178 e. The van der Waals surface area contributed by atoms with Crippen LogP contribution in [0.5, 0.6) is 0 Å². The summed E-state index contributed by atoms with van der Waals surface area (Å²) in [4.78, 5) is 12.7. The summed E-state index contributed by atoms with van der Waals surface area (Å²) in [5.74, 6) is 0. The Morgan fingerprint density at radius 3 is 2.41 bits per heavy atom. The van der Waals surface area contributed by atoms with Crippen LogP contribution in [0.15, 0.2) is 53.4 Å². The molecule has 0 radical (unpaired) electrons. The largest absolute Gasteiger partial charge is 0.251 e. The Bertz CT molecular complexity index is 665.